The molecule has 0 bridgehead atoms. The van der Waals surface area contributed by atoms with Crippen molar-refractivity contribution >= 4 is 5.91 Å². The van der Waals surface area contributed by atoms with Gasteiger partial charge in [0.05, 0.1) is 6.33 Å². The van der Waals surface area contributed by atoms with Crippen molar-refractivity contribution in [3.05, 3.63) is 35.7 Å². The molecule has 21 heavy (non-hydrogen) atoms. The van der Waals surface area contributed by atoms with Crippen LogP contribution in [-0.4, -0.2) is 27.2 Å². The molecule has 3 rings (SSSR count). The van der Waals surface area contributed by atoms with Gasteiger partial charge in [0.25, 0.3) is 5.91 Å². The number of nitrogens with one attached hydrogen (secondary N) is 1. The fourth-order valence-corrected chi connectivity index (χ4v) is 2.69. The summed E-state index contributed by atoms with van der Waals surface area (Å²) in [6.45, 7) is 1.59. The van der Waals surface area contributed by atoms with Crippen LogP contribution in [-0.2, 0) is 19.4 Å². The van der Waals surface area contributed by atoms with Gasteiger partial charge >= 0.3 is 0 Å². The van der Waals surface area contributed by atoms with E-state index in [2.05, 4.69) is 15.5 Å². The second kappa shape index (κ2) is 6.56. The lowest BCUT2D eigenvalue weighted by Gasteiger charge is -2.09. The molecule has 0 unspecified atom stereocenters. The van der Waals surface area contributed by atoms with Gasteiger partial charge in [0.1, 0.15) is 5.76 Å². The number of unbranched alkanes of at least 4 members (excludes halogenated alkanes) is 1. The molecular weight excluding hydrogens is 268 g/mol. The van der Waals surface area contributed by atoms with Crippen LogP contribution in [0.2, 0.25) is 0 Å². The molecule has 6 nitrogen and oxygen atoms in total. The molecule has 1 aliphatic carbocycles. The van der Waals surface area contributed by atoms with Crippen LogP contribution >= 0.6 is 0 Å². The highest BCUT2D eigenvalue weighted by molar-refractivity contribution is 5.93. The van der Waals surface area contributed by atoms with E-state index in [1.165, 1.54) is 0 Å². The maximum Gasteiger partial charge on any atom is 0.273 e. The molecule has 2 aromatic rings. The van der Waals surface area contributed by atoms with Gasteiger partial charge in [-0.1, -0.05) is 5.16 Å². The van der Waals surface area contributed by atoms with Crippen molar-refractivity contribution in [1.82, 2.24) is 20.0 Å². The molecule has 2 aromatic heterocycles. The third kappa shape index (κ3) is 3.32. The summed E-state index contributed by atoms with van der Waals surface area (Å²) in [6, 6.07) is 0. The average Bonchev–Trinajstić information content (AvgIpc) is 3.16. The number of nitrogens with zero attached hydrogens (tertiary/aromatic N) is 3. The van der Waals surface area contributed by atoms with E-state index in [1.807, 2.05) is 10.8 Å². The molecule has 1 amide bonds. The summed E-state index contributed by atoms with van der Waals surface area (Å²) >= 11 is 0. The van der Waals surface area contributed by atoms with Gasteiger partial charge in [-0.25, -0.2) is 4.98 Å². The van der Waals surface area contributed by atoms with Crippen LogP contribution in [0.3, 0.4) is 0 Å². The van der Waals surface area contributed by atoms with Crippen LogP contribution in [0, 0.1) is 0 Å². The number of carbonyl (C=O) groups excluding carboxylic acids is 1. The number of hydrogen-bond acceptors (Lipinski definition) is 4. The number of carbonyl (C=O) groups is 1. The van der Waals surface area contributed by atoms with Crippen molar-refractivity contribution < 1.29 is 9.32 Å². The Morgan fingerprint density at radius 3 is 3.10 bits per heavy atom. The standard InChI is InChI=1S/C15H20N4O2/c20-15(14-12-5-1-2-6-13(12)21-18-14)17-7-3-4-9-19-10-8-16-11-19/h8,10-11H,1-7,9H2,(H,17,20). The zero-order valence-corrected chi connectivity index (χ0v) is 12.0. The number of rotatable bonds is 6. The van der Waals surface area contributed by atoms with Crippen molar-refractivity contribution in [2.75, 3.05) is 6.54 Å². The van der Waals surface area contributed by atoms with Gasteiger partial charge in [-0.05, 0) is 32.1 Å². The molecule has 2 heterocycles. The zero-order valence-electron chi connectivity index (χ0n) is 12.0. The third-order valence-corrected chi connectivity index (χ3v) is 3.85. The van der Waals surface area contributed by atoms with E-state index in [9.17, 15) is 4.79 Å². The van der Waals surface area contributed by atoms with Gasteiger partial charge < -0.3 is 14.4 Å². The predicted molar refractivity (Wildman–Crippen MR) is 76.9 cm³/mol. The number of hydrogen-bond donors (Lipinski definition) is 1. The Kier molecular flexibility index (Phi) is 4.33. The molecule has 0 spiro atoms. The number of fused-ring (bicyclic) bond motifs is 1. The highest BCUT2D eigenvalue weighted by Crippen LogP contribution is 2.23. The Morgan fingerprint density at radius 2 is 2.24 bits per heavy atom. The largest absolute Gasteiger partial charge is 0.360 e. The van der Waals surface area contributed by atoms with Gasteiger partial charge in [0.15, 0.2) is 5.69 Å². The first kappa shape index (κ1) is 13.9. The Labute approximate surface area is 123 Å². The topological polar surface area (TPSA) is 73.0 Å². The number of aryl methyl sites for hydroxylation is 2. The van der Waals surface area contributed by atoms with E-state index in [0.29, 0.717) is 12.2 Å². The molecule has 112 valence electrons. The van der Waals surface area contributed by atoms with Gasteiger partial charge in [-0.2, -0.15) is 0 Å². The molecule has 0 fully saturated rings. The minimum atomic E-state index is -0.107. The lowest BCUT2D eigenvalue weighted by atomic mass is 9.96. The third-order valence-electron chi connectivity index (χ3n) is 3.85. The molecule has 1 N–H and O–H groups in total. The van der Waals surface area contributed by atoms with Crippen LogP contribution in [0.1, 0.15) is 47.5 Å². The van der Waals surface area contributed by atoms with Crippen LogP contribution < -0.4 is 5.32 Å². The summed E-state index contributed by atoms with van der Waals surface area (Å²) < 4.78 is 7.30. The number of amides is 1. The first-order valence-electron chi connectivity index (χ1n) is 7.56. The van der Waals surface area contributed by atoms with Crippen molar-refractivity contribution in [1.29, 1.82) is 0 Å². The van der Waals surface area contributed by atoms with Crippen LogP contribution in [0.5, 0.6) is 0 Å². The molecule has 0 aromatic carbocycles. The minimum absolute atomic E-state index is 0.107. The van der Waals surface area contributed by atoms with Crippen molar-refractivity contribution in [3.63, 3.8) is 0 Å². The molecule has 0 aliphatic heterocycles. The summed E-state index contributed by atoms with van der Waals surface area (Å²) in [6.07, 6.45) is 11.5. The smallest absolute Gasteiger partial charge is 0.273 e. The Morgan fingerprint density at radius 1 is 1.33 bits per heavy atom. The second-order valence-electron chi connectivity index (χ2n) is 5.40. The predicted octanol–water partition coefficient (Wildman–Crippen LogP) is 1.96. The Hall–Kier alpha value is -2.11. The fraction of sp³-hybridized carbons (Fsp3) is 0.533. The summed E-state index contributed by atoms with van der Waals surface area (Å²) in [5, 5.41) is 6.87. The first-order valence-corrected chi connectivity index (χ1v) is 7.56. The van der Waals surface area contributed by atoms with E-state index >= 15 is 0 Å². The molecule has 0 atom stereocenters. The maximum absolute atomic E-state index is 12.1. The molecule has 0 saturated carbocycles. The lowest BCUT2D eigenvalue weighted by molar-refractivity contribution is 0.0943. The van der Waals surface area contributed by atoms with E-state index in [1.54, 1.807) is 12.5 Å². The average molecular weight is 288 g/mol. The lowest BCUT2D eigenvalue weighted by Crippen LogP contribution is -2.26. The second-order valence-corrected chi connectivity index (χ2v) is 5.40. The molecule has 0 radical (unpaired) electrons. The van der Waals surface area contributed by atoms with E-state index in [-0.39, 0.29) is 5.91 Å². The normalized spacial score (nSPS) is 13.9. The quantitative estimate of drug-likeness (QED) is 0.825. The summed E-state index contributed by atoms with van der Waals surface area (Å²) in [7, 11) is 0. The molecular formula is C15H20N4O2. The van der Waals surface area contributed by atoms with Crippen LogP contribution in [0.15, 0.2) is 23.2 Å². The van der Waals surface area contributed by atoms with Gasteiger partial charge in [-0.15, -0.1) is 0 Å². The van der Waals surface area contributed by atoms with Crippen molar-refractivity contribution in [2.24, 2.45) is 0 Å². The SMILES string of the molecule is O=C(NCCCCn1ccnc1)c1noc2c1CCCC2. The summed E-state index contributed by atoms with van der Waals surface area (Å²) in [5.74, 6) is 0.788. The van der Waals surface area contributed by atoms with Gasteiger partial charge in [0.2, 0.25) is 0 Å². The summed E-state index contributed by atoms with van der Waals surface area (Å²) in [4.78, 5) is 16.1. The number of imidazole rings is 1. The first-order chi connectivity index (χ1) is 10.3. The maximum atomic E-state index is 12.1. The minimum Gasteiger partial charge on any atom is -0.360 e. The molecule has 0 saturated heterocycles. The number of aromatic nitrogens is 3. The van der Waals surface area contributed by atoms with Crippen molar-refractivity contribution in [2.45, 2.75) is 45.1 Å². The molecule has 1 aliphatic rings. The summed E-state index contributed by atoms with van der Waals surface area (Å²) in [5.41, 5.74) is 1.50. The highest BCUT2D eigenvalue weighted by atomic mass is 16.5. The Balaban J connectivity index is 1.43. The monoisotopic (exact) mass is 288 g/mol. The van der Waals surface area contributed by atoms with E-state index in [4.69, 9.17) is 4.52 Å². The van der Waals surface area contributed by atoms with Crippen LogP contribution in [0.4, 0.5) is 0 Å². The van der Waals surface area contributed by atoms with Gasteiger partial charge in [0, 0.05) is 37.5 Å². The molecule has 6 heteroatoms. The highest BCUT2D eigenvalue weighted by Gasteiger charge is 2.23. The van der Waals surface area contributed by atoms with Gasteiger partial charge in [-0.3, -0.25) is 4.79 Å². The van der Waals surface area contributed by atoms with Crippen molar-refractivity contribution in [3.8, 4) is 0 Å². The zero-order chi connectivity index (χ0) is 14.5. The van der Waals surface area contributed by atoms with Crippen LogP contribution in [0.25, 0.3) is 0 Å². The van der Waals surface area contributed by atoms with E-state index in [0.717, 1.165) is 56.4 Å². The van der Waals surface area contributed by atoms with E-state index < -0.39 is 0 Å². The fourth-order valence-electron chi connectivity index (χ4n) is 2.69. The Bertz CT molecular complexity index is 589.